The second-order valence-electron chi connectivity index (χ2n) is 5.64. The molecular weight excluding hydrogens is 401 g/mol. The van der Waals surface area contributed by atoms with Crippen molar-refractivity contribution >= 4 is 21.8 Å². The SMILES string of the molecule is CC(c1ccccc1OC(F)(F)F)N1CCc2nc(Br)ccc2C1=O. The lowest BCUT2D eigenvalue weighted by Gasteiger charge is -2.34. The lowest BCUT2D eigenvalue weighted by molar-refractivity contribution is -0.275. The van der Waals surface area contributed by atoms with Gasteiger partial charge in [-0.15, -0.1) is 13.2 Å². The minimum absolute atomic E-state index is 0.254. The Morgan fingerprint density at radius 2 is 1.96 bits per heavy atom. The van der Waals surface area contributed by atoms with Crippen LogP contribution in [0.1, 0.15) is 34.6 Å². The number of pyridine rings is 1. The molecule has 1 aliphatic rings. The number of halogens is 4. The van der Waals surface area contributed by atoms with Gasteiger partial charge in [0.05, 0.1) is 17.3 Å². The number of carbonyl (C=O) groups excluding carboxylic acids is 1. The monoisotopic (exact) mass is 414 g/mol. The molecule has 0 bridgehead atoms. The third-order valence-electron chi connectivity index (χ3n) is 4.08. The lowest BCUT2D eigenvalue weighted by Crippen LogP contribution is -2.40. The van der Waals surface area contributed by atoms with Crippen molar-refractivity contribution in [3.05, 3.63) is 57.8 Å². The van der Waals surface area contributed by atoms with Crippen molar-refractivity contribution in [3.8, 4) is 5.75 Å². The van der Waals surface area contributed by atoms with Gasteiger partial charge in [-0.2, -0.15) is 0 Å². The summed E-state index contributed by atoms with van der Waals surface area (Å²) in [5.41, 5.74) is 1.46. The van der Waals surface area contributed by atoms with E-state index in [1.165, 1.54) is 23.1 Å². The van der Waals surface area contributed by atoms with Gasteiger partial charge in [0.2, 0.25) is 0 Å². The number of fused-ring (bicyclic) bond motifs is 1. The fourth-order valence-corrected chi connectivity index (χ4v) is 3.27. The maximum Gasteiger partial charge on any atom is 0.573 e. The van der Waals surface area contributed by atoms with Crippen molar-refractivity contribution in [2.24, 2.45) is 0 Å². The fourth-order valence-electron chi connectivity index (χ4n) is 2.92. The predicted molar refractivity (Wildman–Crippen MR) is 88.2 cm³/mol. The van der Waals surface area contributed by atoms with Gasteiger partial charge in [0.15, 0.2) is 0 Å². The molecule has 1 atom stereocenters. The van der Waals surface area contributed by atoms with Crippen LogP contribution in [0.25, 0.3) is 0 Å². The van der Waals surface area contributed by atoms with Crippen molar-refractivity contribution in [1.29, 1.82) is 0 Å². The first-order chi connectivity index (χ1) is 11.8. The van der Waals surface area contributed by atoms with E-state index in [2.05, 4.69) is 25.7 Å². The average Bonchev–Trinajstić information content (AvgIpc) is 2.53. The number of aromatic nitrogens is 1. The van der Waals surface area contributed by atoms with Gasteiger partial charge in [-0.05, 0) is 41.1 Å². The van der Waals surface area contributed by atoms with E-state index in [-0.39, 0.29) is 11.7 Å². The van der Waals surface area contributed by atoms with E-state index in [4.69, 9.17) is 0 Å². The molecule has 3 rings (SSSR count). The van der Waals surface area contributed by atoms with E-state index in [0.717, 1.165) is 0 Å². The molecule has 0 radical (unpaired) electrons. The van der Waals surface area contributed by atoms with Gasteiger partial charge >= 0.3 is 6.36 Å². The quantitative estimate of drug-likeness (QED) is 0.694. The Labute approximate surface area is 150 Å². The molecule has 8 heteroatoms. The Morgan fingerprint density at radius 1 is 1.24 bits per heavy atom. The smallest absolute Gasteiger partial charge is 0.405 e. The zero-order chi connectivity index (χ0) is 18.2. The molecule has 1 aromatic heterocycles. The normalized spacial score (nSPS) is 15.7. The molecule has 0 spiro atoms. The predicted octanol–water partition coefficient (Wildman–Crippen LogP) is 4.50. The van der Waals surface area contributed by atoms with Crippen LogP contribution in [0.15, 0.2) is 41.0 Å². The van der Waals surface area contributed by atoms with Gasteiger partial charge in [0.1, 0.15) is 10.4 Å². The number of carbonyl (C=O) groups is 1. The minimum Gasteiger partial charge on any atom is -0.405 e. The molecule has 1 unspecified atom stereocenters. The molecule has 0 saturated carbocycles. The molecular formula is C17H14BrF3N2O2. The molecule has 1 aliphatic heterocycles. The highest BCUT2D eigenvalue weighted by atomic mass is 79.9. The van der Waals surface area contributed by atoms with Crippen LogP contribution < -0.4 is 4.74 Å². The largest absolute Gasteiger partial charge is 0.573 e. The first kappa shape index (κ1) is 17.7. The summed E-state index contributed by atoms with van der Waals surface area (Å²) in [6.07, 6.45) is -4.25. The number of hydrogen-bond donors (Lipinski definition) is 0. The Balaban J connectivity index is 1.91. The zero-order valence-electron chi connectivity index (χ0n) is 13.2. The van der Waals surface area contributed by atoms with Crippen LogP contribution in [-0.2, 0) is 6.42 Å². The van der Waals surface area contributed by atoms with Crippen molar-refractivity contribution in [2.45, 2.75) is 25.7 Å². The summed E-state index contributed by atoms with van der Waals surface area (Å²) in [5.74, 6) is -0.550. The molecule has 1 aromatic carbocycles. The number of para-hydroxylation sites is 1. The van der Waals surface area contributed by atoms with Crippen LogP contribution in [0.2, 0.25) is 0 Å². The van der Waals surface area contributed by atoms with E-state index in [9.17, 15) is 18.0 Å². The molecule has 0 N–H and O–H groups in total. The molecule has 0 saturated heterocycles. The first-order valence-electron chi connectivity index (χ1n) is 7.57. The molecule has 25 heavy (non-hydrogen) atoms. The summed E-state index contributed by atoms with van der Waals surface area (Å²) in [5, 5.41) is 0. The number of alkyl halides is 3. The van der Waals surface area contributed by atoms with Crippen LogP contribution in [0, 0.1) is 0 Å². The molecule has 132 valence electrons. The van der Waals surface area contributed by atoms with Gasteiger partial charge in [-0.25, -0.2) is 4.98 Å². The van der Waals surface area contributed by atoms with Crippen LogP contribution in [0.5, 0.6) is 5.75 Å². The molecule has 0 aliphatic carbocycles. The van der Waals surface area contributed by atoms with Crippen LogP contribution in [0.4, 0.5) is 13.2 Å². The van der Waals surface area contributed by atoms with Gasteiger partial charge < -0.3 is 9.64 Å². The summed E-state index contributed by atoms with van der Waals surface area (Å²) in [4.78, 5) is 18.6. The summed E-state index contributed by atoms with van der Waals surface area (Å²) in [7, 11) is 0. The Bertz CT molecular complexity index is 811. The second-order valence-corrected chi connectivity index (χ2v) is 6.45. The third-order valence-corrected chi connectivity index (χ3v) is 4.52. The van der Waals surface area contributed by atoms with Gasteiger partial charge in [-0.3, -0.25) is 4.79 Å². The zero-order valence-corrected chi connectivity index (χ0v) is 14.8. The van der Waals surface area contributed by atoms with Crippen molar-refractivity contribution in [1.82, 2.24) is 9.88 Å². The molecule has 0 fully saturated rings. The average molecular weight is 415 g/mol. The summed E-state index contributed by atoms with van der Waals surface area (Å²) in [6.45, 7) is 2.06. The summed E-state index contributed by atoms with van der Waals surface area (Å²) >= 11 is 3.27. The highest BCUT2D eigenvalue weighted by Crippen LogP contribution is 2.35. The van der Waals surface area contributed by atoms with Gasteiger partial charge in [0.25, 0.3) is 5.91 Å². The fraction of sp³-hybridized carbons (Fsp3) is 0.294. The first-order valence-corrected chi connectivity index (χ1v) is 8.36. The number of rotatable bonds is 3. The maximum absolute atomic E-state index is 12.7. The van der Waals surface area contributed by atoms with Gasteiger partial charge in [0, 0.05) is 18.5 Å². The standard InChI is InChI=1S/C17H14BrF3N2O2/c1-10(11-4-2-3-5-14(11)25-17(19,20)21)23-9-8-13-12(16(23)24)6-7-15(18)22-13/h2-7,10H,8-9H2,1H3. The van der Waals surface area contributed by atoms with Crippen molar-refractivity contribution in [2.75, 3.05) is 6.54 Å². The number of nitrogens with zero attached hydrogens (tertiary/aromatic N) is 2. The van der Waals surface area contributed by atoms with Crippen LogP contribution >= 0.6 is 15.9 Å². The number of benzene rings is 1. The van der Waals surface area contributed by atoms with Gasteiger partial charge in [-0.1, -0.05) is 18.2 Å². The van der Waals surface area contributed by atoms with E-state index in [1.807, 2.05) is 0 Å². The molecule has 4 nitrogen and oxygen atoms in total. The Kier molecular flexibility index (Phi) is 4.73. The van der Waals surface area contributed by atoms with Crippen molar-refractivity contribution in [3.63, 3.8) is 0 Å². The number of amides is 1. The van der Waals surface area contributed by atoms with Crippen molar-refractivity contribution < 1.29 is 22.7 Å². The summed E-state index contributed by atoms with van der Waals surface area (Å²) in [6, 6.07) is 8.65. The molecule has 1 amide bonds. The van der Waals surface area contributed by atoms with Crippen LogP contribution in [0.3, 0.4) is 0 Å². The van der Waals surface area contributed by atoms with E-state index >= 15 is 0 Å². The topological polar surface area (TPSA) is 42.4 Å². The Hall–Kier alpha value is -2.09. The summed E-state index contributed by atoms with van der Waals surface area (Å²) < 4.78 is 42.6. The number of ether oxygens (including phenoxy) is 1. The Morgan fingerprint density at radius 3 is 2.68 bits per heavy atom. The highest BCUT2D eigenvalue weighted by Gasteiger charge is 2.35. The molecule has 2 heterocycles. The second kappa shape index (κ2) is 6.67. The maximum atomic E-state index is 12.7. The van der Waals surface area contributed by atoms with E-state index in [0.29, 0.717) is 34.4 Å². The lowest BCUT2D eigenvalue weighted by atomic mass is 9.99. The highest BCUT2D eigenvalue weighted by molar-refractivity contribution is 9.10. The van der Waals surface area contributed by atoms with E-state index < -0.39 is 12.4 Å². The number of hydrogen-bond acceptors (Lipinski definition) is 3. The minimum atomic E-state index is -4.79. The molecule has 2 aromatic rings. The third kappa shape index (κ3) is 3.78. The van der Waals surface area contributed by atoms with E-state index in [1.54, 1.807) is 25.1 Å². The van der Waals surface area contributed by atoms with Crippen LogP contribution in [-0.4, -0.2) is 28.7 Å².